The van der Waals surface area contributed by atoms with Crippen molar-refractivity contribution in [1.82, 2.24) is 9.97 Å². The molecule has 0 aliphatic carbocycles. The van der Waals surface area contributed by atoms with Gasteiger partial charge >= 0.3 is 0 Å². The number of aromatic amines is 1. The number of aliphatic hydroxyl groups is 1. The van der Waals surface area contributed by atoms with Crippen LogP contribution < -0.4 is 4.90 Å². The lowest BCUT2D eigenvalue weighted by Crippen LogP contribution is -2.36. The highest BCUT2D eigenvalue weighted by Gasteiger charge is 2.35. The first-order valence-corrected chi connectivity index (χ1v) is 7.28. The normalized spacial score (nSPS) is 18.9. The van der Waals surface area contributed by atoms with Crippen molar-refractivity contribution in [3.63, 3.8) is 0 Å². The number of imidazole rings is 1. The summed E-state index contributed by atoms with van der Waals surface area (Å²) >= 11 is 0. The Balaban J connectivity index is 2.09. The third-order valence-corrected chi connectivity index (χ3v) is 3.71. The minimum atomic E-state index is -0.558. The van der Waals surface area contributed by atoms with Gasteiger partial charge in [-0.05, 0) is 30.7 Å². The zero-order valence-electron chi connectivity index (χ0n) is 12.7. The zero-order chi connectivity index (χ0) is 16.4. The van der Waals surface area contributed by atoms with E-state index in [0.717, 1.165) is 16.6 Å². The Morgan fingerprint density at radius 2 is 2.30 bits per heavy atom. The number of nitrogens with zero attached hydrogens (tertiary/aromatic N) is 2. The maximum absolute atomic E-state index is 12.4. The molecule has 1 aliphatic rings. The van der Waals surface area contributed by atoms with Gasteiger partial charge in [0, 0.05) is 11.8 Å². The fourth-order valence-corrected chi connectivity index (χ4v) is 2.77. The van der Waals surface area contributed by atoms with Crippen LogP contribution in [0.15, 0.2) is 72.8 Å². The van der Waals surface area contributed by atoms with Crippen LogP contribution in [0.3, 0.4) is 0 Å². The molecule has 0 radical (unpaired) electrons. The summed E-state index contributed by atoms with van der Waals surface area (Å²) in [4.78, 5) is 21.1. The van der Waals surface area contributed by atoms with E-state index in [1.54, 1.807) is 23.4 Å². The zero-order valence-corrected chi connectivity index (χ0v) is 12.7. The average Bonchev–Trinajstić information content (AvgIpc) is 3.10. The number of carbonyl (C=O) groups is 1. The molecule has 116 valence electrons. The van der Waals surface area contributed by atoms with Crippen molar-refractivity contribution in [2.24, 2.45) is 0 Å². The lowest BCUT2D eigenvalue weighted by molar-refractivity contribution is -0.113. The minimum absolute atomic E-state index is 0.0194. The molecule has 1 atom stereocenters. The molecule has 0 saturated carbocycles. The van der Waals surface area contributed by atoms with Crippen LogP contribution in [0.1, 0.15) is 6.92 Å². The average molecular weight is 307 g/mol. The van der Waals surface area contributed by atoms with Crippen molar-refractivity contribution in [2.75, 3.05) is 4.90 Å². The second-order valence-corrected chi connectivity index (χ2v) is 5.19. The highest BCUT2D eigenvalue weighted by molar-refractivity contribution is 6.07. The monoisotopic (exact) mass is 307 g/mol. The van der Waals surface area contributed by atoms with Gasteiger partial charge < -0.3 is 10.1 Å². The van der Waals surface area contributed by atoms with Crippen LogP contribution >= 0.6 is 0 Å². The van der Waals surface area contributed by atoms with Gasteiger partial charge in [0.2, 0.25) is 0 Å². The summed E-state index contributed by atoms with van der Waals surface area (Å²) in [6.45, 7) is 5.59. The Labute approximate surface area is 134 Å². The Morgan fingerprint density at radius 1 is 1.48 bits per heavy atom. The summed E-state index contributed by atoms with van der Waals surface area (Å²) in [6, 6.07) is 4.95. The van der Waals surface area contributed by atoms with Gasteiger partial charge in [0.1, 0.15) is 11.8 Å². The van der Waals surface area contributed by atoms with Crippen molar-refractivity contribution in [3.05, 3.63) is 72.8 Å². The van der Waals surface area contributed by atoms with E-state index in [9.17, 15) is 9.90 Å². The first-order chi connectivity index (χ1) is 11.2. The van der Waals surface area contributed by atoms with Crippen molar-refractivity contribution in [1.29, 1.82) is 0 Å². The van der Waals surface area contributed by atoms with E-state index in [0.29, 0.717) is 5.69 Å². The second kappa shape index (κ2) is 5.96. The van der Waals surface area contributed by atoms with Gasteiger partial charge in [-0.3, -0.25) is 9.69 Å². The molecule has 2 heterocycles. The summed E-state index contributed by atoms with van der Waals surface area (Å²) in [5, 5.41) is 10.3. The Morgan fingerprint density at radius 3 is 3.04 bits per heavy atom. The number of aromatic nitrogens is 2. The molecule has 2 aromatic rings. The number of allylic oxidation sites excluding steroid dienone is 3. The molecule has 2 N–H and O–H groups in total. The quantitative estimate of drug-likeness (QED) is 0.850. The molecule has 1 amide bonds. The maximum Gasteiger partial charge on any atom is 0.255 e. The molecule has 5 heteroatoms. The van der Waals surface area contributed by atoms with Gasteiger partial charge in [-0.15, -0.1) is 0 Å². The number of amides is 1. The summed E-state index contributed by atoms with van der Waals surface area (Å²) < 4.78 is 0. The van der Waals surface area contributed by atoms with Crippen molar-refractivity contribution >= 4 is 22.6 Å². The second-order valence-electron chi connectivity index (χ2n) is 5.19. The number of aliphatic hydroxyl groups excluding tert-OH is 1. The van der Waals surface area contributed by atoms with E-state index in [2.05, 4.69) is 16.5 Å². The van der Waals surface area contributed by atoms with E-state index >= 15 is 0 Å². The Hall–Kier alpha value is -3.08. The molecule has 3 rings (SSSR count). The highest BCUT2D eigenvalue weighted by atomic mass is 16.3. The van der Waals surface area contributed by atoms with E-state index in [1.807, 2.05) is 37.3 Å². The molecule has 1 aliphatic heterocycles. The van der Waals surface area contributed by atoms with Crippen molar-refractivity contribution in [2.45, 2.75) is 13.0 Å². The number of nitrogens with one attached hydrogen (secondary N) is 1. The lowest BCUT2D eigenvalue weighted by atomic mass is 10.0. The van der Waals surface area contributed by atoms with E-state index < -0.39 is 6.04 Å². The molecular weight excluding hydrogens is 290 g/mol. The number of benzene rings is 1. The summed E-state index contributed by atoms with van der Waals surface area (Å²) in [5.74, 6) is -0.239. The standard InChI is InChI=1S/C18H17N3O2/c1-3-5-12(6-4-2)18-16(22)10-17(23)21(18)13-7-8-14-15(9-13)20-11-19-14/h3-11,18,22H,1H2,2H3,(H,19,20)/b6-4-,12-5+. The van der Waals surface area contributed by atoms with Crippen LogP contribution in [-0.2, 0) is 4.79 Å². The SMILES string of the molecule is C=C/C=C(\C=C/C)C1C(O)=CC(=O)N1c1ccc2nc[nH]c2c1. The van der Waals surface area contributed by atoms with Gasteiger partial charge in [0.05, 0.1) is 17.4 Å². The predicted octanol–water partition coefficient (Wildman–Crippen LogP) is 3.41. The first-order valence-electron chi connectivity index (χ1n) is 7.28. The fraction of sp³-hybridized carbons (Fsp3) is 0.111. The van der Waals surface area contributed by atoms with E-state index in [1.165, 1.54) is 6.08 Å². The van der Waals surface area contributed by atoms with Gasteiger partial charge in [0.15, 0.2) is 0 Å². The number of H-pyrrole nitrogens is 1. The summed E-state index contributed by atoms with van der Waals surface area (Å²) in [6.07, 6.45) is 10.0. The number of hydrogen-bond acceptors (Lipinski definition) is 3. The third-order valence-electron chi connectivity index (χ3n) is 3.71. The van der Waals surface area contributed by atoms with E-state index in [-0.39, 0.29) is 11.7 Å². The molecule has 0 fully saturated rings. The highest BCUT2D eigenvalue weighted by Crippen LogP contribution is 2.32. The molecule has 1 aromatic carbocycles. The van der Waals surface area contributed by atoms with Crippen LogP contribution in [0, 0.1) is 0 Å². The number of rotatable bonds is 4. The van der Waals surface area contributed by atoms with Crippen LogP contribution in [-0.4, -0.2) is 27.0 Å². The molecule has 0 spiro atoms. The van der Waals surface area contributed by atoms with Gasteiger partial charge in [-0.1, -0.05) is 30.9 Å². The van der Waals surface area contributed by atoms with Crippen molar-refractivity contribution in [3.8, 4) is 0 Å². The molecule has 1 unspecified atom stereocenters. The Bertz CT molecular complexity index is 858. The van der Waals surface area contributed by atoms with Crippen LogP contribution in [0.25, 0.3) is 11.0 Å². The summed E-state index contributed by atoms with van der Waals surface area (Å²) in [5.41, 5.74) is 3.13. The van der Waals surface area contributed by atoms with Gasteiger partial charge in [0.25, 0.3) is 5.91 Å². The third kappa shape index (κ3) is 2.57. The first kappa shape index (κ1) is 14.8. The predicted molar refractivity (Wildman–Crippen MR) is 91.2 cm³/mol. The molecule has 0 bridgehead atoms. The number of anilines is 1. The topological polar surface area (TPSA) is 69.2 Å². The largest absolute Gasteiger partial charge is 0.510 e. The smallest absolute Gasteiger partial charge is 0.255 e. The van der Waals surface area contributed by atoms with Crippen LogP contribution in [0.2, 0.25) is 0 Å². The fourth-order valence-electron chi connectivity index (χ4n) is 2.77. The van der Waals surface area contributed by atoms with Crippen LogP contribution in [0.5, 0.6) is 0 Å². The lowest BCUT2D eigenvalue weighted by Gasteiger charge is -2.26. The molecule has 0 saturated heterocycles. The van der Waals surface area contributed by atoms with Crippen LogP contribution in [0.4, 0.5) is 5.69 Å². The molecule has 1 aromatic heterocycles. The maximum atomic E-state index is 12.4. The summed E-state index contributed by atoms with van der Waals surface area (Å²) in [7, 11) is 0. The van der Waals surface area contributed by atoms with Gasteiger partial charge in [-0.2, -0.15) is 0 Å². The van der Waals surface area contributed by atoms with E-state index in [4.69, 9.17) is 0 Å². The number of carbonyl (C=O) groups excluding carboxylic acids is 1. The Kier molecular flexibility index (Phi) is 3.85. The van der Waals surface area contributed by atoms with Gasteiger partial charge in [-0.25, -0.2) is 4.98 Å². The number of hydrogen-bond donors (Lipinski definition) is 2. The molecular formula is C18H17N3O2. The molecule has 5 nitrogen and oxygen atoms in total. The molecule has 23 heavy (non-hydrogen) atoms. The minimum Gasteiger partial charge on any atom is -0.510 e. The van der Waals surface area contributed by atoms with Crippen molar-refractivity contribution < 1.29 is 9.90 Å². The number of fused-ring (bicyclic) bond motifs is 1.